The summed E-state index contributed by atoms with van der Waals surface area (Å²) in [5.74, 6) is 6.07. The zero-order chi connectivity index (χ0) is 9.68. The average molecular weight is 170 g/mol. The van der Waals surface area contributed by atoms with Gasteiger partial charge in [-0.1, -0.05) is 41.8 Å². The Bertz CT molecular complexity index is 354. The van der Waals surface area contributed by atoms with Gasteiger partial charge >= 0.3 is 0 Å². The molecule has 13 heavy (non-hydrogen) atoms. The van der Waals surface area contributed by atoms with Gasteiger partial charge in [-0.05, 0) is 26.3 Å². The van der Waals surface area contributed by atoms with Crippen molar-refractivity contribution in [3.63, 3.8) is 0 Å². The molecule has 0 N–H and O–H groups in total. The third-order valence-electron chi connectivity index (χ3n) is 1.81. The summed E-state index contributed by atoms with van der Waals surface area (Å²) >= 11 is 0. The monoisotopic (exact) mass is 170 g/mol. The van der Waals surface area contributed by atoms with Crippen LogP contribution in [0.15, 0.2) is 35.9 Å². The Balaban J connectivity index is 3.17. The highest BCUT2D eigenvalue weighted by Gasteiger charge is 1.97. The van der Waals surface area contributed by atoms with Gasteiger partial charge in [0, 0.05) is 5.57 Å². The van der Waals surface area contributed by atoms with Crippen LogP contribution in [-0.4, -0.2) is 0 Å². The summed E-state index contributed by atoms with van der Waals surface area (Å²) in [5.41, 5.74) is 3.61. The lowest BCUT2D eigenvalue weighted by Gasteiger charge is -2.01. The first-order valence-electron chi connectivity index (χ1n) is 4.41. The Morgan fingerprint density at radius 2 is 1.69 bits per heavy atom. The van der Waals surface area contributed by atoms with Crippen molar-refractivity contribution in [1.29, 1.82) is 0 Å². The SMILES string of the molecule is CC#CC(=C(C)C)c1ccccc1. The predicted octanol–water partition coefficient (Wildman–Crippen LogP) is 3.50. The van der Waals surface area contributed by atoms with Crippen LogP contribution < -0.4 is 0 Å². The van der Waals surface area contributed by atoms with Crippen molar-refractivity contribution in [3.05, 3.63) is 41.5 Å². The minimum atomic E-state index is 1.14. The van der Waals surface area contributed by atoms with E-state index in [2.05, 4.69) is 37.8 Å². The van der Waals surface area contributed by atoms with E-state index in [1.165, 1.54) is 11.1 Å². The van der Waals surface area contributed by atoms with Crippen LogP contribution in [-0.2, 0) is 0 Å². The summed E-state index contributed by atoms with van der Waals surface area (Å²) < 4.78 is 0. The van der Waals surface area contributed by atoms with E-state index in [9.17, 15) is 0 Å². The minimum Gasteiger partial charge on any atom is -0.101 e. The smallest absolute Gasteiger partial charge is 0.0304 e. The highest BCUT2D eigenvalue weighted by atomic mass is 14.0. The van der Waals surface area contributed by atoms with Crippen molar-refractivity contribution in [1.82, 2.24) is 0 Å². The first-order valence-corrected chi connectivity index (χ1v) is 4.41. The summed E-state index contributed by atoms with van der Waals surface area (Å²) in [4.78, 5) is 0. The maximum Gasteiger partial charge on any atom is 0.0304 e. The quantitative estimate of drug-likeness (QED) is 0.566. The van der Waals surface area contributed by atoms with E-state index in [1.54, 1.807) is 0 Å². The van der Waals surface area contributed by atoms with Crippen LogP contribution in [0, 0.1) is 11.8 Å². The van der Waals surface area contributed by atoms with E-state index < -0.39 is 0 Å². The molecule has 1 aromatic rings. The second-order valence-corrected chi connectivity index (χ2v) is 3.12. The zero-order valence-corrected chi connectivity index (χ0v) is 8.39. The molecule has 0 radical (unpaired) electrons. The van der Waals surface area contributed by atoms with Gasteiger partial charge in [0.2, 0.25) is 0 Å². The third kappa shape index (κ3) is 2.49. The molecule has 0 spiro atoms. The van der Waals surface area contributed by atoms with Crippen LogP contribution in [0.3, 0.4) is 0 Å². The maximum atomic E-state index is 3.13. The molecule has 66 valence electrons. The molecule has 0 fully saturated rings. The molecule has 0 saturated carbocycles. The molecule has 0 aliphatic rings. The molecule has 0 unspecified atom stereocenters. The number of rotatable bonds is 1. The summed E-state index contributed by atoms with van der Waals surface area (Å²) in [5, 5.41) is 0. The molecule has 0 aromatic heterocycles. The zero-order valence-electron chi connectivity index (χ0n) is 8.39. The van der Waals surface area contributed by atoms with Crippen molar-refractivity contribution in [2.24, 2.45) is 0 Å². The summed E-state index contributed by atoms with van der Waals surface area (Å²) in [6.07, 6.45) is 0. The van der Waals surface area contributed by atoms with Gasteiger partial charge < -0.3 is 0 Å². The van der Waals surface area contributed by atoms with Gasteiger partial charge in [0.1, 0.15) is 0 Å². The van der Waals surface area contributed by atoms with Crippen LogP contribution in [0.2, 0.25) is 0 Å². The summed E-state index contributed by atoms with van der Waals surface area (Å²) in [7, 11) is 0. The predicted molar refractivity (Wildman–Crippen MR) is 58.2 cm³/mol. The van der Waals surface area contributed by atoms with E-state index in [-0.39, 0.29) is 0 Å². The second kappa shape index (κ2) is 4.52. The number of allylic oxidation sites excluding steroid dienone is 2. The first-order chi connectivity index (χ1) is 6.25. The van der Waals surface area contributed by atoms with Crippen molar-refractivity contribution in [2.75, 3.05) is 0 Å². The number of hydrogen-bond acceptors (Lipinski definition) is 0. The van der Waals surface area contributed by atoms with E-state index in [1.807, 2.05) is 25.1 Å². The van der Waals surface area contributed by atoms with Gasteiger partial charge in [-0.15, -0.1) is 5.92 Å². The van der Waals surface area contributed by atoms with Gasteiger partial charge in [0.15, 0.2) is 0 Å². The fourth-order valence-corrected chi connectivity index (χ4v) is 1.22. The van der Waals surface area contributed by atoms with Crippen LogP contribution in [0.1, 0.15) is 26.3 Å². The molecular formula is C13H14. The van der Waals surface area contributed by atoms with Crippen molar-refractivity contribution >= 4 is 5.57 Å². The van der Waals surface area contributed by atoms with Gasteiger partial charge in [0.05, 0.1) is 0 Å². The van der Waals surface area contributed by atoms with Crippen molar-refractivity contribution in [3.8, 4) is 11.8 Å². The lowest BCUT2D eigenvalue weighted by molar-refractivity contribution is 1.40. The Morgan fingerprint density at radius 3 is 2.15 bits per heavy atom. The maximum absolute atomic E-state index is 3.13. The molecule has 0 atom stereocenters. The fourth-order valence-electron chi connectivity index (χ4n) is 1.22. The van der Waals surface area contributed by atoms with Crippen molar-refractivity contribution in [2.45, 2.75) is 20.8 Å². The molecule has 1 rings (SSSR count). The van der Waals surface area contributed by atoms with Crippen molar-refractivity contribution < 1.29 is 0 Å². The fraction of sp³-hybridized carbons (Fsp3) is 0.231. The lowest BCUT2D eigenvalue weighted by Crippen LogP contribution is -1.83. The molecule has 1 aromatic carbocycles. The molecule has 0 heteroatoms. The largest absolute Gasteiger partial charge is 0.101 e. The third-order valence-corrected chi connectivity index (χ3v) is 1.81. The van der Waals surface area contributed by atoms with Gasteiger partial charge in [-0.3, -0.25) is 0 Å². The first kappa shape index (κ1) is 9.61. The Labute approximate surface area is 80.3 Å². The van der Waals surface area contributed by atoms with E-state index in [0.717, 1.165) is 5.57 Å². The Hall–Kier alpha value is -1.48. The van der Waals surface area contributed by atoms with Crippen LogP contribution in [0.5, 0.6) is 0 Å². The van der Waals surface area contributed by atoms with E-state index in [0.29, 0.717) is 0 Å². The van der Waals surface area contributed by atoms with E-state index >= 15 is 0 Å². The minimum absolute atomic E-state index is 1.14. The normalized spacial score (nSPS) is 8.54. The molecule has 0 heterocycles. The highest BCUT2D eigenvalue weighted by molar-refractivity contribution is 5.80. The van der Waals surface area contributed by atoms with Crippen LogP contribution in [0.25, 0.3) is 5.57 Å². The Morgan fingerprint density at radius 1 is 1.08 bits per heavy atom. The lowest BCUT2D eigenvalue weighted by atomic mass is 10.0. The highest BCUT2D eigenvalue weighted by Crippen LogP contribution is 2.16. The number of benzene rings is 1. The molecule has 0 saturated heterocycles. The molecule has 0 amide bonds. The molecule has 0 aliphatic carbocycles. The second-order valence-electron chi connectivity index (χ2n) is 3.12. The molecule has 0 aliphatic heterocycles. The van der Waals surface area contributed by atoms with Crippen LogP contribution >= 0.6 is 0 Å². The van der Waals surface area contributed by atoms with Gasteiger partial charge in [0.25, 0.3) is 0 Å². The summed E-state index contributed by atoms with van der Waals surface area (Å²) in [6, 6.07) is 10.3. The number of hydrogen-bond donors (Lipinski definition) is 0. The van der Waals surface area contributed by atoms with Gasteiger partial charge in [-0.25, -0.2) is 0 Å². The average Bonchev–Trinajstić information content (AvgIpc) is 2.15. The molecular weight excluding hydrogens is 156 g/mol. The molecule has 0 bridgehead atoms. The Kier molecular flexibility index (Phi) is 3.34. The standard InChI is InChI=1S/C13H14/c1-4-8-13(11(2)3)12-9-6-5-7-10-12/h5-7,9-10H,1-3H3. The van der Waals surface area contributed by atoms with Gasteiger partial charge in [-0.2, -0.15) is 0 Å². The summed E-state index contributed by atoms with van der Waals surface area (Å²) in [6.45, 7) is 6.05. The van der Waals surface area contributed by atoms with Crippen LogP contribution in [0.4, 0.5) is 0 Å². The van der Waals surface area contributed by atoms with E-state index in [4.69, 9.17) is 0 Å². The molecule has 0 nitrogen and oxygen atoms in total. The topological polar surface area (TPSA) is 0 Å².